The van der Waals surface area contributed by atoms with Crippen LogP contribution in [0, 0.1) is 5.92 Å². The number of nitrogens with zero attached hydrogens (tertiary/aromatic N) is 1. The van der Waals surface area contributed by atoms with Crippen molar-refractivity contribution in [1.82, 2.24) is 0 Å². The van der Waals surface area contributed by atoms with E-state index >= 15 is 0 Å². The van der Waals surface area contributed by atoms with E-state index in [4.69, 9.17) is 5.11 Å². The number of carboxylic acid groups (broad SMARTS) is 2. The molecule has 0 aromatic heterocycles. The van der Waals surface area contributed by atoms with E-state index in [9.17, 15) is 14.7 Å². The Morgan fingerprint density at radius 3 is 1.58 bits per heavy atom. The lowest BCUT2D eigenvalue weighted by Gasteiger charge is -2.39. The van der Waals surface area contributed by atoms with Crippen molar-refractivity contribution in [2.75, 3.05) is 26.2 Å². The van der Waals surface area contributed by atoms with Crippen LogP contribution in [-0.4, -0.2) is 47.7 Å². The molecule has 0 aliphatic carbocycles. The van der Waals surface area contributed by atoms with Crippen molar-refractivity contribution in [2.24, 2.45) is 5.92 Å². The van der Waals surface area contributed by atoms with Gasteiger partial charge in [0.2, 0.25) is 0 Å². The summed E-state index contributed by atoms with van der Waals surface area (Å²) in [7, 11) is 0. The van der Waals surface area contributed by atoms with Gasteiger partial charge in [-0.15, -0.1) is 0 Å². The molecule has 0 fully saturated rings. The summed E-state index contributed by atoms with van der Waals surface area (Å²) in [6.07, 6.45) is 11.3. The third-order valence-electron chi connectivity index (χ3n) is 6.31. The Labute approximate surface area is 202 Å². The van der Waals surface area contributed by atoms with E-state index < -0.39 is 17.9 Å². The molecule has 5 nitrogen and oxygen atoms in total. The first-order valence-corrected chi connectivity index (χ1v) is 13.2. The van der Waals surface area contributed by atoms with Crippen LogP contribution in [0.25, 0.3) is 0 Å². The smallest absolute Gasteiger partial charge is 0.303 e. The minimum atomic E-state index is -1.19. The minimum Gasteiger partial charge on any atom is -0.550 e. The van der Waals surface area contributed by atoms with E-state index in [1.54, 1.807) is 0 Å². The molecule has 1 unspecified atom stereocenters. The lowest BCUT2D eigenvalue weighted by molar-refractivity contribution is -0.929. The number of quaternary nitrogens is 1. The molecular weight excluding hydrogens is 414 g/mol. The summed E-state index contributed by atoms with van der Waals surface area (Å²) >= 11 is 0. The molecule has 5 heteroatoms. The fourth-order valence-electron chi connectivity index (χ4n) is 4.14. The third-order valence-corrected chi connectivity index (χ3v) is 6.31. The molecule has 0 radical (unpaired) electrons. The highest BCUT2D eigenvalue weighted by Gasteiger charge is 2.24. The molecule has 1 aromatic rings. The number of carbonyl (C=O) groups excluding carboxylic acids is 1. The largest absolute Gasteiger partial charge is 0.550 e. The van der Waals surface area contributed by atoms with Crippen molar-refractivity contribution in [2.45, 2.75) is 98.3 Å². The second kappa shape index (κ2) is 19.6. The topological polar surface area (TPSA) is 77.4 Å². The van der Waals surface area contributed by atoms with Gasteiger partial charge >= 0.3 is 5.97 Å². The molecule has 1 aromatic carbocycles. The number of hydrogen-bond donors (Lipinski definition) is 1. The Balaban J connectivity index is 0.000000621. The summed E-state index contributed by atoms with van der Waals surface area (Å²) in [5.41, 5.74) is 0.877. The summed E-state index contributed by atoms with van der Waals surface area (Å²) < 4.78 is 1.42. The fraction of sp³-hybridized carbons (Fsp3) is 0.714. The fourth-order valence-corrected chi connectivity index (χ4v) is 4.14. The molecule has 0 aliphatic rings. The zero-order valence-electron chi connectivity index (χ0n) is 21.7. The molecule has 190 valence electrons. The molecule has 1 atom stereocenters. The quantitative estimate of drug-likeness (QED) is 0.293. The number of benzene rings is 1. The number of aliphatic carboxylic acids is 2. The molecule has 1 rings (SSSR count). The van der Waals surface area contributed by atoms with Crippen LogP contribution in [0.3, 0.4) is 0 Å². The second-order valence-corrected chi connectivity index (χ2v) is 9.29. The van der Waals surface area contributed by atoms with Crippen LogP contribution in [0.1, 0.15) is 97.5 Å². The first kappa shape index (κ1) is 31.1. The van der Waals surface area contributed by atoms with Crippen molar-refractivity contribution in [3.63, 3.8) is 0 Å². The lowest BCUT2D eigenvalue weighted by Crippen LogP contribution is -2.50. The SMILES string of the molecule is CCCC[N+](CCCC)(CCCC)CCCC.O=C(O)CCC(Cc1ccccc1)C(=O)[O-]. The first-order chi connectivity index (χ1) is 15.8. The Morgan fingerprint density at radius 1 is 0.818 bits per heavy atom. The lowest BCUT2D eigenvalue weighted by atomic mass is 9.95. The van der Waals surface area contributed by atoms with Crippen LogP contribution >= 0.6 is 0 Å². The van der Waals surface area contributed by atoms with Gasteiger partial charge in [0.05, 0.1) is 26.2 Å². The van der Waals surface area contributed by atoms with Crippen molar-refractivity contribution < 1.29 is 24.3 Å². The highest BCUT2D eigenvalue weighted by atomic mass is 16.4. The van der Waals surface area contributed by atoms with Crippen molar-refractivity contribution in [1.29, 1.82) is 0 Å². The maximum atomic E-state index is 10.8. The van der Waals surface area contributed by atoms with Crippen LogP contribution in [0.15, 0.2) is 30.3 Å². The highest BCUT2D eigenvalue weighted by molar-refractivity contribution is 5.71. The van der Waals surface area contributed by atoms with Gasteiger partial charge in [-0.3, -0.25) is 4.79 Å². The first-order valence-electron chi connectivity index (χ1n) is 13.2. The molecule has 0 aliphatic heterocycles. The summed E-state index contributed by atoms with van der Waals surface area (Å²) in [5.74, 6) is -2.91. The van der Waals surface area contributed by atoms with Gasteiger partial charge in [0.25, 0.3) is 0 Å². The molecule has 0 heterocycles. The van der Waals surface area contributed by atoms with Gasteiger partial charge in [-0.25, -0.2) is 0 Å². The average Bonchev–Trinajstić information content (AvgIpc) is 2.81. The molecule has 33 heavy (non-hydrogen) atoms. The van der Waals surface area contributed by atoms with Gasteiger partial charge in [0.1, 0.15) is 0 Å². The predicted molar refractivity (Wildman–Crippen MR) is 135 cm³/mol. The van der Waals surface area contributed by atoms with Crippen LogP contribution < -0.4 is 5.11 Å². The number of carboxylic acids is 2. The van der Waals surface area contributed by atoms with Crippen molar-refractivity contribution in [3.05, 3.63) is 35.9 Å². The third kappa shape index (κ3) is 15.6. The minimum absolute atomic E-state index is 0.104. The standard InChI is InChI=1S/C16H36N.C12H14O4/c1-5-9-13-17(14-10-6-2,15-11-7-3)16-12-8-4;13-11(14)7-6-10(12(15)16)8-9-4-2-1-3-5-9/h5-16H2,1-4H3;1-5,10H,6-8H2,(H,13,14)(H,15,16)/q+1;/p-1. The van der Waals surface area contributed by atoms with Crippen LogP contribution in [0.5, 0.6) is 0 Å². The highest BCUT2D eigenvalue weighted by Crippen LogP contribution is 2.16. The number of carbonyl (C=O) groups is 2. The molecule has 0 saturated carbocycles. The Hall–Kier alpha value is -1.88. The van der Waals surface area contributed by atoms with Crippen LogP contribution in [0.4, 0.5) is 0 Å². The van der Waals surface area contributed by atoms with Crippen molar-refractivity contribution >= 4 is 11.9 Å². The Bertz CT molecular complexity index is 580. The van der Waals surface area contributed by atoms with Gasteiger partial charge in [-0.1, -0.05) is 83.7 Å². The van der Waals surface area contributed by atoms with E-state index in [2.05, 4.69) is 27.7 Å². The van der Waals surface area contributed by atoms with E-state index in [0.29, 0.717) is 6.42 Å². The number of hydrogen-bond acceptors (Lipinski definition) is 3. The number of unbranched alkanes of at least 4 members (excludes halogenated alkanes) is 4. The molecule has 0 amide bonds. The Morgan fingerprint density at radius 2 is 1.24 bits per heavy atom. The average molecular weight is 464 g/mol. The van der Waals surface area contributed by atoms with Gasteiger partial charge in [-0.2, -0.15) is 0 Å². The summed E-state index contributed by atoms with van der Waals surface area (Å²) in [6, 6.07) is 9.11. The van der Waals surface area contributed by atoms with Crippen molar-refractivity contribution in [3.8, 4) is 0 Å². The van der Waals surface area contributed by atoms with E-state index in [1.165, 1.54) is 82.0 Å². The predicted octanol–water partition coefficient (Wildman–Crippen LogP) is 5.46. The van der Waals surface area contributed by atoms with Gasteiger partial charge in [0.15, 0.2) is 0 Å². The van der Waals surface area contributed by atoms with E-state index in [1.807, 2.05) is 30.3 Å². The van der Waals surface area contributed by atoms with Gasteiger partial charge in [0, 0.05) is 18.3 Å². The van der Waals surface area contributed by atoms with Gasteiger partial charge < -0.3 is 19.5 Å². The van der Waals surface area contributed by atoms with E-state index in [0.717, 1.165) is 5.56 Å². The maximum Gasteiger partial charge on any atom is 0.303 e. The maximum absolute atomic E-state index is 10.8. The van der Waals surface area contributed by atoms with Crippen LogP contribution in [0.2, 0.25) is 0 Å². The normalized spacial score (nSPS) is 12.0. The zero-order chi connectivity index (χ0) is 25.0. The Kier molecular flexibility index (Phi) is 18.5. The second-order valence-electron chi connectivity index (χ2n) is 9.29. The van der Waals surface area contributed by atoms with E-state index in [-0.39, 0.29) is 12.8 Å². The molecule has 0 saturated heterocycles. The summed E-state index contributed by atoms with van der Waals surface area (Å²) in [4.78, 5) is 21.2. The van der Waals surface area contributed by atoms with Gasteiger partial charge in [-0.05, 0) is 44.1 Å². The zero-order valence-corrected chi connectivity index (χ0v) is 21.7. The number of rotatable bonds is 18. The molecule has 0 bridgehead atoms. The summed E-state index contributed by atoms with van der Waals surface area (Å²) in [5, 5.41) is 19.3. The summed E-state index contributed by atoms with van der Waals surface area (Å²) in [6.45, 7) is 15.0. The molecular formula is C28H49NO4. The monoisotopic (exact) mass is 463 g/mol. The molecule has 0 spiro atoms. The molecule has 1 N–H and O–H groups in total. The van der Waals surface area contributed by atoms with Crippen LogP contribution in [-0.2, 0) is 16.0 Å².